The SMILES string of the molecule is C=N/C=C(/C=C\C(N)=O)C1CCCC1C.CC.CN.CNC(=O)CCCC=O.CNC(=O)c1c(C=O)cccc1N1CCC(CN2CCC(Sc3ccc(C)cc3)CC2)CC1.CO. The molecule has 0 aromatic heterocycles. The number of likely N-dealkylation sites (tertiary alicyclic amines) is 1. The quantitative estimate of drug-likeness (QED) is 0.0408. The summed E-state index contributed by atoms with van der Waals surface area (Å²) >= 11 is 2.04. The van der Waals surface area contributed by atoms with E-state index in [0.29, 0.717) is 48.1 Å². The molecule has 1 saturated carbocycles. The summed E-state index contributed by atoms with van der Waals surface area (Å²) in [7, 11) is 5.70. The van der Waals surface area contributed by atoms with E-state index in [-0.39, 0.29) is 11.8 Å². The zero-order valence-electron chi connectivity index (χ0n) is 39.4. The van der Waals surface area contributed by atoms with Crippen molar-refractivity contribution in [2.45, 2.75) is 102 Å². The van der Waals surface area contributed by atoms with Crippen LogP contribution in [-0.2, 0) is 14.4 Å². The van der Waals surface area contributed by atoms with E-state index in [0.717, 1.165) is 68.5 Å². The van der Waals surface area contributed by atoms with Gasteiger partial charge in [0.25, 0.3) is 5.91 Å². The molecule has 14 heteroatoms. The van der Waals surface area contributed by atoms with Gasteiger partial charge in [-0.25, -0.2) is 0 Å². The first-order chi connectivity index (χ1) is 30.5. The lowest BCUT2D eigenvalue weighted by atomic mass is 9.90. The Labute approximate surface area is 383 Å². The van der Waals surface area contributed by atoms with Gasteiger partial charge in [0, 0.05) is 81.7 Å². The molecule has 0 radical (unpaired) electrons. The summed E-state index contributed by atoms with van der Waals surface area (Å²) in [5.41, 5.74) is 13.8. The normalized spacial score (nSPS) is 17.6. The molecule has 2 saturated heterocycles. The zero-order chi connectivity index (χ0) is 47.6. The number of aliphatic imine (C=N–C) groups is 1. The second-order valence-electron chi connectivity index (χ2n) is 15.1. The van der Waals surface area contributed by atoms with Gasteiger partial charge in [0.05, 0.1) is 11.3 Å². The standard InChI is InChI=1S/C27H35N3O2S.C12H18N2O.C6H11NO2.C2H6.CH5N.CH4O/c1-20-6-8-23(9-7-20)33-24-12-14-29(15-13-24)18-21-10-16-30(17-11-21)25-5-3-4-22(19-31)26(25)27(32)28-2;1-9-4-3-5-11(9)10(8-14-2)6-7-12(13)15;1-7-6(9)4-2-3-5-8;3*1-2/h3-9,19,21,24H,10-18H2,1-2H3,(H,28,32);6-9,11H,2-5H2,1H3,(H2,13,15);5H,2-4H2,1H3,(H,7,9);1-2H3;2H2,1H3;2H,1H3/b;7-6-,10-8-;;;;. The number of piperidine rings is 2. The van der Waals surface area contributed by atoms with Crippen LogP contribution >= 0.6 is 11.8 Å². The Hall–Kier alpha value is -4.63. The Balaban J connectivity index is 0.00000106. The van der Waals surface area contributed by atoms with Crippen LogP contribution in [0.3, 0.4) is 0 Å². The third kappa shape index (κ3) is 22.5. The number of aldehydes is 2. The fourth-order valence-corrected chi connectivity index (χ4v) is 8.81. The van der Waals surface area contributed by atoms with Crippen LogP contribution in [0.2, 0.25) is 0 Å². The third-order valence-corrected chi connectivity index (χ3v) is 12.3. The summed E-state index contributed by atoms with van der Waals surface area (Å²) in [6.45, 7) is 17.2. The average Bonchev–Trinajstić information content (AvgIpc) is 3.76. The highest BCUT2D eigenvalue weighted by molar-refractivity contribution is 8.00. The predicted molar refractivity (Wildman–Crippen MR) is 263 cm³/mol. The van der Waals surface area contributed by atoms with Gasteiger partial charge in [-0.3, -0.25) is 24.2 Å². The molecule has 352 valence electrons. The first kappa shape index (κ1) is 58.4. The maximum atomic E-state index is 12.4. The molecule has 2 aromatic rings. The Morgan fingerprint density at radius 3 is 2.05 bits per heavy atom. The minimum Gasteiger partial charge on any atom is -0.400 e. The number of nitrogens with one attached hydrogen (secondary N) is 2. The van der Waals surface area contributed by atoms with Crippen molar-refractivity contribution in [3.05, 3.63) is 83.1 Å². The first-order valence-corrected chi connectivity index (χ1v) is 23.2. The van der Waals surface area contributed by atoms with Crippen LogP contribution in [0.1, 0.15) is 111 Å². The Morgan fingerprint density at radius 1 is 0.905 bits per heavy atom. The maximum Gasteiger partial charge on any atom is 0.253 e. The van der Waals surface area contributed by atoms with Crippen molar-refractivity contribution in [3.8, 4) is 0 Å². The van der Waals surface area contributed by atoms with Gasteiger partial charge in [0.2, 0.25) is 11.8 Å². The summed E-state index contributed by atoms with van der Waals surface area (Å²) in [5, 5.41) is 12.9. The Kier molecular flexibility index (Phi) is 33.2. The van der Waals surface area contributed by atoms with E-state index in [4.69, 9.17) is 10.8 Å². The van der Waals surface area contributed by atoms with Crippen LogP contribution in [0.25, 0.3) is 0 Å². The number of allylic oxidation sites excluding steroid dienone is 2. The van der Waals surface area contributed by atoms with E-state index in [1.54, 1.807) is 32.4 Å². The van der Waals surface area contributed by atoms with Gasteiger partial charge in [-0.15, -0.1) is 11.8 Å². The van der Waals surface area contributed by atoms with E-state index in [1.165, 1.54) is 68.9 Å². The fourth-order valence-electron chi connectivity index (χ4n) is 7.69. The van der Waals surface area contributed by atoms with Crippen LogP contribution < -0.4 is 27.0 Å². The van der Waals surface area contributed by atoms with Crippen molar-refractivity contribution in [2.75, 3.05) is 65.9 Å². The van der Waals surface area contributed by atoms with Crippen LogP contribution in [0.15, 0.2) is 76.3 Å². The van der Waals surface area contributed by atoms with Gasteiger partial charge in [-0.1, -0.05) is 69.5 Å². The number of anilines is 1. The zero-order valence-corrected chi connectivity index (χ0v) is 40.3. The monoisotopic (exact) mass is 894 g/mol. The molecule has 5 rings (SSSR count). The number of thioether (sulfide) groups is 1. The van der Waals surface area contributed by atoms with Gasteiger partial charge in [0.1, 0.15) is 6.29 Å². The van der Waals surface area contributed by atoms with Gasteiger partial charge >= 0.3 is 0 Å². The highest BCUT2D eigenvalue weighted by Crippen LogP contribution is 2.37. The second kappa shape index (κ2) is 35.8. The molecule has 7 N–H and O–H groups in total. The summed E-state index contributed by atoms with van der Waals surface area (Å²) in [4.78, 5) is 64.9. The molecule has 2 aliphatic heterocycles. The topological polar surface area (TPSA) is 201 Å². The van der Waals surface area contributed by atoms with Crippen LogP contribution in [0.5, 0.6) is 0 Å². The lowest BCUT2D eigenvalue weighted by molar-refractivity contribution is -0.120. The minimum atomic E-state index is -0.421. The number of nitrogens with two attached hydrogens (primary N) is 2. The lowest BCUT2D eigenvalue weighted by Gasteiger charge is -2.38. The molecule has 2 unspecified atom stereocenters. The van der Waals surface area contributed by atoms with Crippen molar-refractivity contribution in [2.24, 2.45) is 34.2 Å². The average molecular weight is 894 g/mol. The number of hydrogen-bond acceptors (Lipinski definition) is 11. The van der Waals surface area contributed by atoms with E-state index in [1.807, 2.05) is 37.7 Å². The van der Waals surface area contributed by atoms with E-state index in [9.17, 15) is 24.0 Å². The van der Waals surface area contributed by atoms with Crippen molar-refractivity contribution in [1.29, 1.82) is 0 Å². The molecule has 13 nitrogen and oxygen atoms in total. The molecule has 0 spiro atoms. The summed E-state index contributed by atoms with van der Waals surface area (Å²) in [6.07, 6.45) is 16.5. The van der Waals surface area contributed by atoms with E-state index in [2.05, 4.69) is 76.0 Å². The Bertz CT molecular complexity index is 1670. The molecule has 1 aliphatic carbocycles. The van der Waals surface area contributed by atoms with Gasteiger partial charge < -0.3 is 41.8 Å². The number of rotatable bonds is 15. The van der Waals surface area contributed by atoms with Gasteiger partial charge in [-0.05, 0) is 114 Å². The molecule has 63 heavy (non-hydrogen) atoms. The van der Waals surface area contributed by atoms with Crippen LogP contribution in [-0.4, -0.2) is 113 Å². The molecule has 2 atom stereocenters. The highest BCUT2D eigenvalue weighted by Gasteiger charge is 2.28. The largest absolute Gasteiger partial charge is 0.400 e. The second-order valence-corrected chi connectivity index (χ2v) is 16.5. The molecule has 2 heterocycles. The number of hydrogen-bond donors (Lipinski definition) is 5. The summed E-state index contributed by atoms with van der Waals surface area (Å²) < 4.78 is 0. The number of carbonyl (C=O) groups excluding carboxylic acids is 5. The van der Waals surface area contributed by atoms with Crippen LogP contribution in [0.4, 0.5) is 5.69 Å². The maximum absolute atomic E-state index is 12.4. The highest BCUT2D eigenvalue weighted by atomic mass is 32.2. The number of unbranched alkanes of at least 4 members (excludes halogenated alkanes) is 1. The smallest absolute Gasteiger partial charge is 0.253 e. The first-order valence-electron chi connectivity index (χ1n) is 22.3. The summed E-state index contributed by atoms with van der Waals surface area (Å²) in [6, 6.07) is 14.5. The molecule has 0 bridgehead atoms. The number of aliphatic hydroxyl groups is 1. The van der Waals surface area contributed by atoms with E-state index >= 15 is 0 Å². The molecule has 3 aliphatic rings. The number of aliphatic hydroxyl groups excluding tert-OH is 1. The van der Waals surface area contributed by atoms with Crippen molar-refractivity contribution < 1.29 is 29.1 Å². The third-order valence-electron chi connectivity index (χ3n) is 11.0. The number of carbonyl (C=O) groups is 5. The molecular formula is C49H79N7O6S. The minimum absolute atomic E-state index is 0.00292. The molecule has 3 amide bonds. The lowest BCUT2D eigenvalue weighted by Crippen LogP contribution is -2.42. The van der Waals surface area contributed by atoms with Crippen molar-refractivity contribution in [3.63, 3.8) is 0 Å². The predicted octanol–water partition coefficient (Wildman–Crippen LogP) is 7.00. The molecule has 3 fully saturated rings. The van der Waals surface area contributed by atoms with Gasteiger partial charge in [0.15, 0.2) is 6.29 Å². The molecule has 2 aromatic carbocycles. The summed E-state index contributed by atoms with van der Waals surface area (Å²) in [5.74, 6) is 1.22. The fraction of sp³-hybridized carbons (Fsp3) is 0.551. The van der Waals surface area contributed by atoms with Crippen LogP contribution in [0, 0.1) is 24.7 Å². The van der Waals surface area contributed by atoms with Crippen molar-refractivity contribution in [1.82, 2.24) is 15.5 Å². The van der Waals surface area contributed by atoms with E-state index < -0.39 is 5.91 Å². The number of benzene rings is 2. The number of amides is 3. The van der Waals surface area contributed by atoms with Crippen molar-refractivity contribution >= 4 is 54.5 Å². The van der Waals surface area contributed by atoms with Gasteiger partial charge in [-0.2, -0.15) is 0 Å². The molecular weight excluding hydrogens is 815 g/mol. The number of aryl methyl sites for hydroxylation is 1. The Morgan fingerprint density at radius 2 is 1.54 bits per heavy atom. The number of nitrogens with zero attached hydrogens (tertiary/aromatic N) is 3. The number of primary amides is 1.